The van der Waals surface area contributed by atoms with Gasteiger partial charge in [0.25, 0.3) is 5.91 Å². The van der Waals surface area contributed by atoms with Crippen molar-refractivity contribution >= 4 is 33.0 Å². The fourth-order valence-electron chi connectivity index (χ4n) is 2.97. The van der Waals surface area contributed by atoms with Gasteiger partial charge < -0.3 is 10.6 Å². The van der Waals surface area contributed by atoms with Crippen LogP contribution in [0.15, 0.2) is 24.3 Å². The standard InChI is InChI=1S/C17H22N2OS/c1-3-17(2)8-10-19(11-9-17)16(20)15-14(18)12-6-4-5-7-13(12)21-15/h4-7H,3,8-11,18H2,1-2H3. The Labute approximate surface area is 129 Å². The fraction of sp³-hybridized carbons (Fsp3) is 0.471. The summed E-state index contributed by atoms with van der Waals surface area (Å²) in [4.78, 5) is 15.4. The van der Waals surface area contributed by atoms with E-state index in [2.05, 4.69) is 13.8 Å². The summed E-state index contributed by atoms with van der Waals surface area (Å²) in [6.45, 7) is 6.25. The van der Waals surface area contributed by atoms with E-state index in [4.69, 9.17) is 5.73 Å². The summed E-state index contributed by atoms with van der Waals surface area (Å²) < 4.78 is 1.09. The number of nitrogens with two attached hydrogens (primary N) is 1. The first-order valence-electron chi connectivity index (χ1n) is 7.60. The van der Waals surface area contributed by atoms with Gasteiger partial charge in [0.2, 0.25) is 0 Å². The topological polar surface area (TPSA) is 46.3 Å². The molecule has 1 amide bonds. The van der Waals surface area contributed by atoms with E-state index in [-0.39, 0.29) is 5.91 Å². The summed E-state index contributed by atoms with van der Waals surface area (Å²) in [5.41, 5.74) is 7.22. The van der Waals surface area contributed by atoms with Crippen molar-refractivity contribution < 1.29 is 4.79 Å². The molecule has 1 aromatic carbocycles. The van der Waals surface area contributed by atoms with Crippen molar-refractivity contribution in [1.82, 2.24) is 4.90 Å². The van der Waals surface area contributed by atoms with Gasteiger partial charge in [-0.15, -0.1) is 11.3 Å². The molecule has 1 fully saturated rings. The molecular weight excluding hydrogens is 280 g/mol. The average molecular weight is 302 g/mol. The predicted molar refractivity (Wildman–Crippen MR) is 89.8 cm³/mol. The number of fused-ring (bicyclic) bond motifs is 1. The van der Waals surface area contributed by atoms with Crippen LogP contribution in [0.4, 0.5) is 5.69 Å². The van der Waals surface area contributed by atoms with Gasteiger partial charge in [0.15, 0.2) is 0 Å². The normalized spacial score (nSPS) is 18.1. The van der Waals surface area contributed by atoms with Crippen LogP contribution in [0.3, 0.4) is 0 Å². The van der Waals surface area contributed by atoms with E-state index in [1.807, 2.05) is 29.2 Å². The number of carbonyl (C=O) groups is 1. The van der Waals surface area contributed by atoms with E-state index in [1.54, 1.807) is 0 Å². The first-order chi connectivity index (χ1) is 10.0. The molecule has 2 N–H and O–H groups in total. The highest BCUT2D eigenvalue weighted by atomic mass is 32.1. The van der Waals surface area contributed by atoms with Gasteiger partial charge in [0.05, 0.1) is 5.69 Å². The Morgan fingerprint density at radius 3 is 2.62 bits per heavy atom. The molecule has 1 aliphatic heterocycles. The molecule has 0 bridgehead atoms. The number of anilines is 1. The van der Waals surface area contributed by atoms with E-state index < -0.39 is 0 Å². The summed E-state index contributed by atoms with van der Waals surface area (Å²) in [6.07, 6.45) is 3.35. The molecule has 2 aromatic rings. The highest BCUT2D eigenvalue weighted by molar-refractivity contribution is 7.21. The second kappa shape index (κ2) is 5.34. The molecule has 1 saturated heterocycles. The van der Waals surface area contributed by atoms with Crippen molar-refractivity contribution in [3.8, 4) is 0 Å². The quantitative estimate of drug-likeness (QED) is 0.906. The lowest BCUT2D eigenvalue weighted by Gasteiger charge is -2.38. The molecule has 3 rings (SSSR count). The summed E-state index contributed by atoms with van der Waals surface area (Å²) in [5.74, 6) is 0.104. The van der Waals surface area contributed by atoms with Crippen molar-refractivity contribution in [2.24, 2.45) is 5.41 Å². The summed E-state index contributed by atoms with van der Waals surface area (Å²) >= 11 is 1.52. The molecule has 0 aliphatic carbocycles. The van der Waals surface area contributed by atoms with E-state index in [9.17, 15) is 4.79 Å². The number of hydrogen-bond acceptors (Lipinski definition) is 3. The molecule has 1 aliphatic rings. The molecule has 0 radical (unpaired) electrons. The van der Waals surface area contributed by atoms with Gasteiger partial charge in [0.1, 0.15) is 4.88 Å². The summed E-state index contributed by atoms with van der Waals surface area (Å²) in [7, 11) is 0. The number of rotatable bonds is 2. The van der Waals surface area contributed by atoms with Crippen LogP contribution in [-0.2, 0) is 0 Å². The van der Waals surface area contributed by atoms with Crippen LogP contribution in [-0.4, -0.2) is 23.9 Å². The Morgan fingerprint density at radius 1 is 1.33 bits per heavy atom. The number of piperidine rings is 1. The second-order valence-corrected chi connectivity index (χ2v) is 7.35. The lowest BCUT2D eigenvalue weighted by Crippen LogP contribution is -2.41. The van der Waals surface area contributed by atoms with Crippen LogP contribution >= 0.6 is 11.3 Å². The van der Waals surface area contributed by atoms with E-state index in [1.165, 1.54) is 17.8 Å². The maximum absolute atomic E-state index is 12.7. The number of hydrogen-bond donors (Lipinski definition) is 1. The number of thiophene rings is 1. The van der Waals surface area contributed by atoms with Crippen molar-refractivity contribution in [1.29, 1.82) is 0 Å². The Balaban J connectivity index is 1.83. The minimum atomic E-state index is 0.104. The first kappa shape index (κ1) is 14.4. The van der Waals surface area contributed by atoms with Gasteiger partial charge in [-0.3, -0.25) is 4.79 Å². The lowest BCUT2D eigenvalue weighted by molar-refractivity contribution is 0.0606. The molecule has 1 aromatic heterocycles. The molecule has 3 nitrogen and oxygen atoms in total. The predicted octanol–water partition coefficient (Wildman–Crippen LogP) is 4.14. The molecule has 0 spiro atoms. The minimum absolute atomic E-state index is 0.104. The Bertz CT molecular complexity index is 668. The zero-order valence-corrected chi connectivity index (χ0v) is 13.5. The van der Waals surface area contributed by atoms with Gasteiger partial charge >= 0.3 is 0 Å². The number of benzene rings is 1. The third-order valence-electron chi connectivity index (χ3n) is 4.94. The monoisotopic (exact) mass is 302 g/mol. The first-order valence-corrected chi connectivity index (χ1v) is 8.42. The highest BCUT2D eigenvalue weighted by Gasteiger charge is 2.31. The maximum Gasteiger partial charge on any atom is 0.266 e. The molecular formula is C17H22N2OS. The molecule has 2 heterocycles. The van der Waals surface area contributed by atoms with Gasteiger partial charge in [-0.05, 0) is 24.3 Å². The van der Waals surface area contributed by atoms with Crippen molar-refractivity contribution in [2.45, 2.75) is 33.1 Å². The van der Waals surface area contributed by atoms with Crippen molar-refractivity contribution in [3.05, 3.63) is 29.1 Å². The van der Waals surface area contributed by atoms with Crippen LogP contribution in [0.2, 0.25) is 0 Å². The lowest BCUT2D eigenvalue weighted by atomic mass is 9.78. The smallest absolute Gasteiger partial charge is 0.266 e. The van der Waals surface area contributed by atoms with Crippen molar-refractivity contribution in [3.63, 3.8) is 0 Å². The van der Waals surface area contributed by atoms with Crippen LogP contribution in [0.1, 0.15) is 42.8 Å². The van der Waals surface area contributed by atoms with Crippen LogP contribution in [0.5, 0.6) is 0 Å². The van der Waals surface area contributed by atoms with Gasteiger partial charge in [-0.1, -0.05) is 38.5 Å². The second-order valence-electron chi connectivity index (χ2n) is 6.30. The molecule has 4 heteroatoms. The molecule has 112 valence electrons. The van der Waals surface area contributed by atoms with Gasteiger partial charge in [-0.25, -0.2) is 0 Å². The largest absolute Gasteiger partial charge is 0.397 e. The van der Waals surface area contributed by atoms with E-state index >= 15 is 0 Å². The van der Waals surface area contributed by atoms with Crippen LogP contribution in [0, 0.1) is 5.41 Å². The third-order valence-corrected chi connectivity index (χ3v) is 6.11. The maximum atomic E-state index is 12.7. The van der Waals surface area contributed by atoms with Crippen LogP contribution < -0.4 is 5.73 Å². The summed E-state index contributed by atoms with van der Waals surface area (Å²) in [5, 5.41) is 1.00. The third kappa shape index (κ3) is 2.53. The Morgan fingerprint density at radius 2 is 2.00 bits per heavy atom. The number of carbonyl (C=O) groups excluding carboxylic acids is 1. The van der Waals surface area contributed by atoms with Gasteiger partial charge in [-0.2, -0.15) is 0 Å². The molecule has 0 atom stereocenters. The fourth-order valence-corrected chi connectivity index (χ4v) is 4.06. The average Bonchev–Trinajstić information content (AvgIpc) is 2.85. The highest BCUT2D eigenvalue weighted by Crippen LogP contribution is 2.37. The Hall–Kier alpha value is -1.55. The van der Waals surface area contributed by atoms with E-state index in [0.29, 0.717) is 16.0 Å². The number of amides is 1. The minimum Gasteiger partial charge on any atom is -0.397 e. The molecule has 0 saturated carbocycles. The van der Waals surface area contributed by atoms with Gasteiger partial charge in [0, 0.05) is 23.2 Å². The van der Waals surface area contributed by atoms with E-state index in [0.717, 1.165) is 36.0 Å². The molecule has 21 heavy (non-hydrogen) atoms. The zero-order chi connectivity index (χ0) is 15.0. The summed E-state index contributed by atoms with van der Waals surface area (Å²) in [6, 6.07) is 7.97. The SMILES string of the molecule is CCC1(C)CCN(C(=O)c2sc3ccccc3c2N)CC1. The number of nitrogen functional groups attached to an aromatic ring is 1. The van der Waals surface area contributed by atoms with Crippen LogP contribution in [0.25, 0.3) is 10.1 Å². The molecule has 0 unspecified atom stereocenters. The zero-order valence-electron chi connectivity index (χ0n) is 12.7. The Kier molecular flexibility index (Phi) is 3.66. The number of likely N-dealkylation sites (tertiary alicyclic amines) is 1. The number of nitrogens with zero attached hydrogens (tertiary/aromatic N) is 1. The van der Waals surface area contributed by atoms with Crippen molar-refractivity contribution in [2.75, 3.05) is 18.8 Å².